The van der Waals surface area contributed by atoms with Crippen LogP contribution in [0.25, 0.3) is 6.08 Å². The van der Waals surface area contributed by atoms with Crippen LogP contribution in [0.4, 0.5) is 0 Å². The van der Waals surface area contributed by atoms with Crippen molar-refractivity contribution in [2.24, 2.45) is 0 Å². The van der Waals surface area contributed by atoms with E-state index in [1.165, 1.54) is 93.4 Å². The minimum absolute atomic E-state index is 0.119. The van der Waals surface area contributed by atoms with Gasteiger partial charge in [0.2, 0.25) is 0 Å². The Morgan fingerprint density at radius 2 is 0.486 bits per heavy atom. The van der Waals surface area contributed by atoms with Crippen molar-refractivity contribution in [2.75, 3.05) is 0 Å². The van der Waals surface area contributed by atoms with Crippen LogP contribution in [0.5, 0.6) is 0 Å². The largest absolute Gasteiger partial charge is 0.159 e. The monoisotopic (exact) mass is 914 g/mol. The van der Waals surface area contributed by atoms with Gasteiger partial charge in [-0.25, -0.2) is 0 Å². The summed E-state index contributed by atoms with van der Waals surface area (Å²) in [5.41, 5.74) is 19.0. The predicted molar refractivity (Wildman–Crippen MR) is 298 cm³/mol. The normalized spacial score (nSPS) is 13.0. The molecule has 0 N–H and O–H groups in total. The van der Waals surface area contributed by atoms with Gasteiger partial charge in [0.1, 0.15) is 0 Å². The molecule has 0 nitrogen and oxygen atoms in total. The Bertz CT molecular complexity index is 2850. The quantitative estimate of drug-likeness (QED) is 0.0669. The highest BCUT2D eigenvalue weighted by Crippen LogP contribution is 2.38. The van der Waals surface area contributed by atoms with E-state index < -0.39 is 8.07 Å². The lowest BCUT2D eigenvalue weighted by Gasteiger charge is -2.40. The smallest absolute Gasteiger partial charge is 0.0781 e. The van der Waals surface area contributed by atoms with Gasteiger partial charge >= 0.3 is 0 Å². The molecule has 0 bridgehead atoms. The fraction of sp³-hybridized carbons (Fsp3) is 0.101. The summed E-state index contributed by atoms with van der Waals surface area (Å²) in [4.78, 5) is 0. The second kappa shape index (κ2) is 20.8. The lowest BCUT2D eigenvalue weighted by molar-refractivity contribution is 1.13. The SMILES string of the molecule is C1=CC([Si](c2cc(Cc3ccccc3)cc(Cc3ccccc3)c2)(c2cc(Cc3ccccc3)cc(Cc3ccccc3)c2)c2cc(Cc3ccccc3)cc(Cc3ccccc3)c2)c2ccccc21. The van der Waals surface area contributed by atoms with Crippen LogP contribution < -0.4 is 15.6 Å². The summed E-state index contributed by atoms with van der Waals surface area (Å²) in [6, 6.07) is 99.0. The molecule has 0 spiro atoms. The molecule has 11 rings (SSSR count). The number of rotatable bonds is 16. The van der Waals surface area contributed by atoms with Crippen LogP contribution in [0.1, 0.15) is 83.4 Å². The molecule has 1 atom stereocenters. The summed E-state index contributed by atoms with van der Waals surface area (Å²) >= 11 is 0. The van der Waals surface area contributed by atoms with Crippen LogP contribution in [0.15, 0.2) is 267 Å². The van der Waals surface area contributed by atoms with Crippen molar-refractivity contribution >= 4 is 29.7 Å². The van der Waals surface area contributed by atoms with Crippen LogP contribution in [0.3, 0.4) is 0 Å². The first-order chi connectivity index (χ1) is 34.6. The van der Waals surface area contributed by atoms with E-state index in [2.05, 4.69) is 273 Å². The molecular weight excluding hydrogens is 857 g/mol. The number of allylic oxidation sites excluding steroid dienone is 1. The highest BCUT2D eigenvalue weighted by molar-refractivity contribution is 7.12. The molecule has 0 aromatic heterocycles. The maximum Gasteiger partial charge on any atom is 0.159 e. The Hall–Kier alpha value is -7.84. The first-order valence-corrected chi connectivity index (χ1v) is 27.1. The Labute approximate surface area is 416 Å². The fourth-order valence-corrected chi connectivity index (χ4v) is 16.9. The van der Waals surface area contributed by atoms with Gasteiger partial charge in [0.05, 0.1) is 0 Å². The maximum absolute atomic E-state index is 3.22. The van der Waals surface area contributed by atoms with Gasteiger partial charge in [-0.1, -0.05) is 273 Å². The first-order valence-electron chi connectivity index (χ1n) is 25.0. The number of hydrogen-bond donors (Lipinski definition) is 0. The van der Waals surface area contributed by atoms with E-state index in [4.69, 9.17) is 0 Å². The van der Waals surface area contributed by atoms with E-state index in [9.17, 15) is 0 Å². The third kappa shape index (κ3) is 10.1. The minimum atomic E-state index is -3.22. The van der Waals surface area contributed by atoms with E-state index in [-0.39, 0.29) is 5.54 Å². The lowest BCUT2D eigenvalue weighted by Crippen LogP contribution is -2.71. The molecule has 1 unspecified atom stereocenters. The molecule has 0 fully saturated rings. The predicted octanol–water partition coefficient (Wildman–Crippen LogP) is 14.1. The zero-order chi connectivity index (χ0) is 47.0. The summed E-state index contributed by atoms with van der Waals surface area (Å²) in [6.07, 6.45) is 10.2. The Kier molecular flexibility index (Phi) is 13.3. The molecule has 1 aliphatic carbocycles. The third-order valence-electron chi connectivity index (χ3n) is 14.3. The molecule has 1 heteroatoms. The van der Waals surface area contributed by atoms with Crippen LogP contribution in [0.2, 0.25) is 0 Å². The van der Waals surface area contributed by atoms with Gasteiger partial charge in [0, 0.05) is 5.54 Å². The third-order valence-corrected chi connectivity index (χ3v) is 19.3. The average molecular weight is 915 g/mol. The molecule has 0 saturated carbocycles. The summed E-state index contributed by atoms with van der Waals surface area (Å²) in [5, 5.41) is 4.38. The number of benzene rings is 10. The topological polar surface area (TPSA) is 0 Å². The van der Waals surface area contributed by atoms with Crippen molar-refractivity contribution in [3.63, 3.8) is 0 Å². The van der Waals surface area contributed by atoms with E-state index in [0.717, 1.165) is 38.5 Å². The molecule has 0 saturated heterocycles. The van der Waals surface area contributed by atoms with E-state index in [1.54, 1.807) is 0 Å². The van der Waals surface area contributed by atoms with Gasteiger partial charge in [0.25, 0.3) is 0 Å². The van der Waals surface area contributed by atoms with Crippen LogP contribution in [-0.4, -0.2) is 8.07 Å². The van der Waals surface area contributed by atoms with Gasteiger partial charge in [0.15, 0.2) is 8.07 Å². The lowest BCUT2D eigenvalue weighted by atomic mass is 9.99. The van der Waals surface area contributed by atoms with Gasteiger partial charge in [-0.15, -0.1) is 0 Å². The minimum Gasteiger partial charge on any atom is -0.0781 e. The standard InChI is InChI=1S/C69H58Si/c1-7-21-52(22-8-1)37-58-43-59(38-53-23-9-2-10-24-53)47-65(46-58)70(69-36-35-64-33-19-20-34-68(64)69,66-48-60(39-54-25-11-3-12-26-54)44-61(49-66)40-55-27-13-4-14-28-55)67-50-62(41-56-29-15-5-16-30-56)45-63(51-67)42-57-31-17-6-18-32-57/h1-36,43-51,69H,37-42H2. The first kappa shape index (κ1) is 44.7. The highest BCUT2D eigenvalue weighted by Gasteiger charge is 2.49. The number of hydrogen-bond acceptors (Lipinski definition) is 0. The molecule has 0 amide bonds. The van der Waals surface area contributed by atoms with Crippen molar-refractivity contribution in [1.29, 1.82) is 0 Å². The van der Waals surface area contributed by atoms with E-state index >= 15 is 0 Å². The maximum atomic E-state index is 2.64. The molecule has 0 heterocycles. The summed E-state index contributed by atoms with van der Waals surface area (Å²) in [7, 11) is -3.22. The van der Waals surface area contributed by atoms with Crippen molar-refractivity contribution in [2.45, 2.75) is 44.1 Å². The van der Waals surface area contributed by atoms with Gasteiger partial charge in [-0.3, -0.25) is 0 Å². The van der Waals surface area contributed by atoms with Crippen molar-refractivity contribution in [3.05, 3.63) is 345 Å². The zero-order valence-electron chi connectivity index (χ0n) is 39.8. The molecule has 10 aromatic rings. The second-order valence-electron chi connectivity index (χ2n) is 19.4. The van der Waals surface area contributed by atoms with Crippen LogP contribution in [-0.2, 0) is 38.5 Å². The van der Waals surface area contributed by atoms with Gasteiger partial charge < -0.3 is 0 Å². The van der Waals surface area contributed by atoms with Crippen molar-refractivity contribution in [1.82, 2.24) is 0 Å². The summed E-state index contributed by atoms with van der Waals surface area (Å²) in [6.45, 7) is 0. The van der Waals surface area contributed by atoms with E-state index in [1.807, 2.05) is 0 Å². The molecular formula is C69H58Si. The van der Waals surface area contributed by atoms with Crippen molar-refractivity contribution in [3.8, 4) is 0 Å². The zero-order valence-corrected chi connectivity index (χ0v) is 40.8. The molecule has 0 aliphatic heterocycles. The summed E-state index contributed by atoms with van der Waals surface area (Å²) < 4.78 is 0. The van der Waals surface area contributed by atoms with Crippen molar-refractivity contribution < 1.29 is 0 Å². The number of fused-ring (bicyclic) bond motifs is 1. The Balaban J connectivity index is 1.24. The fourth-order valence-electron chi connectivity index (χ4n) is 11.2. The molecule has 70 heavy (non-hydrogen) atoms. The molecule has 0 radical (unpaired) electrons. The van der Waals surface area contributed by atoms with Crippen LogP contribution >= 0.6 is 0 Å². The summed E-state index contributed by atoms with van der Waals surface area (Å²) in [5.74, 6) is 0. The van der Waals surface area contributed by atoms with Gasteiger partial charge in [-0.2, -0.15) is 0 Å². The Morgan fingerprint density at radius 1 is 0.243 bits per heavy atom. The Morgan fingerprint density at radius 3 is 0.757 bits per heavy atom. The molecule has 10 aromatic carbocycles. The van der Waals surface area contributed by atoms with E-state index in [0.29, 0.717) is 0 Å². The second-order valence-corrected chi connectivity index (χ2v) is 23.3. The molecule has 1 aliphatic rings. The molecule has 338 valence electrons. The van der Waals surface area contributed by atoms with Gasteiger partial charge in [-0.05, 0) is 132 Å². The highest BCUT2D eigenvalue weighted by atomic mass is 28.3. The van der Waals surface area contributed by atoms with Crippen LogP contribution in [0, 0.1) is 0 Å². The average Bonchev–Trinajstić information content (AvgIpc) is 3.83.